The summed E-state index contributed by atoms with van der Waals surface area (Å²) < 4.78 is 0. The molecule has 0 aliphatic rings. The Labute approximate surface area is 99.0 Å². The Morgan fingerprint density at radius 2 is 2.00 bits per heavy atom. The summed E-state index contributed by atoms with van der Waals surface area (Å²) in [5.41, 5.74) is 4.49. The first-order valence-corrected chi connectivity index (χ1v) is 5.93. The van der Waals surface area contributed by atoms with E-state index in [-0.39, 0.29) is 0 Å². The van der Waals surface area contributed by atoms with Gasteiger partial charge in [-0.3, -0.25) is 4.79 Å². The highest BCUT2D eigenvalue weighted by Gasteiger charge is 2.11. The van der Waals surface area contributed by atoms with Gasteiger partial charge >= 0.3 is 0 Å². The van der Waals surface area contributed by atoms with Gasteiger partial charge in [-0.25, -0.2) is 4.98 Å². The Morgan fingerprint density at radius 1 is 1.25 bits per heavy atom. The molecule has 2 rings (SSSR count). The van der Waals surface area contributed by atoms with Crippen LogP contribution in [0.2, 0.25) is 0 Å². The number of carbonyl (C=O) groups is 1. The fourth-order valence-electron chi connectivity index (χ4n) is 1.80. The van der Waals surface area contributed by atoms with Crippen LogP contribution in [0.4, 0.5) is 0 Å². The monoisotopic (exact) mass is 231 g/mol. The molecule has 0 aliphatic heterocycles. The van der Waals surface area contributed by atoms with Gasteiger partial charge in [0.25, 0.3) is 0 Å². The third-order valence-electron chi connectivity index (χ3n) is 2.55. The molecule has 2 aromatic rings. The molecule has 0 spiro atoms. The second-order valence-corrected chi connectivity index (χ2v) is 5.13. The number of aryl methyl sites for hydroxylation is 3. The van der Waals surface area contributed by atoms with Gasteiger partial charge < -0.3 is 0 Å². The van der Waals surface area contributed by atoms with Gasteiger partial charge in [0.1, 0.15) is 0 Å². The zero-order chi connectivity index (χ0) is 11.7. The second kappa shape index (κ2) is 4.18. The Kier molecular flexibility index (Phi) is 2.88. The molecular weight excluding hydrogens is 218 g/mol. The SMILES string of the molecule is Cc1ccc(-c2nc(C=O)sc2C)c(C)c1. The Balaban J connectivity index is 2.57. The molecule has 0 saturated carbocycles. The fraction of sp³-hybridized carbons (Fsp3) is 0.231. The predicted molar refractivity (Wildman–Crippen MR) is 67.1 cm³/mol. The molecule has 0 unspecified atom stereocenters. The number of carbonyl (C=O) groups excluding carboxylic acids is 1. The minimum Gasteiger partial charge on any atom is -0.295 e. The van der Waals surface area contributed by atoms with Crippen molar-refractivity contribution in [2.24, 2.45) is 0 Å². The van der Waals surface area contributed by atoms with Crippen LogP contribution in [0.5, 0.6) is 0 Å². The Hall–Kier alpha value is -1.48. The average Bonchev–Trinajstić information content (AvgIpc) is 2.60. The lowest BCUT2D eigenvalue weighted by atomic mass is 10.0. The standard InChI is InChI=1S/C13H13NOS/c1-8-4-5-11(9(2)6-8)13-10(3)16-12(7-15)14-13/h4-7H,1-3H3. The van der Waals surface area contributed by atoms with Crippen LogP contribution in [0, 0.1) is 20.8 Å². The lowest BCUT2D eigenvalue weighted by molar-refractivity contribution is 0.112. The third kappa shape index (κ3) is 1.91. The van der Waals surface area contributed by atoms with Crippen molar-refractivity contribution in [3.05, 3.63) is 39.2 Å². The highest BCUT2D eigenvalue weighted by Crippen LogP contribution is 2.29. The number of aldehydes is 1. The summed E-state index contributed by atoms with van der Waals surface area (Å²) in [7, 11) is 0. The van der Waals surface area contributed by atoms with Gasteiger partial charge in [0.2, 0.25) is 0 Å². The minimum absolute atomic E-state index is 0.549. The van der Waals surface area contributed by atoms with Crippen molar-refractivity contribution in [3.63, 3.8) is 0 Å². The molecule has 0 atom stereocenters. The molecule has 1 heterocycles. The molecule has 0 bridgehead atoms. The minimum atomic E-state index is 0.549. The molecule has 0 amide bonds. The van der Waals surface area contributed by atoms with Gasteiger partial charge in [-0.2, -0.15) is 0 Å². The van der Waals surface area contributed by atoms with Crippen molar-refractivity contribution >= 4 is 17.6 Å². The van der Waals surface area contributed by atoms with Crippen LogP contribution in [-0.4, -0.2) is 11.3 Å². The molecule has 1 aromatic carbocycles. The van der Waals surface area contributed by atoms with Gasteiger partial charge in [-0.05, 0) is 26.3 Å². The zero-order valence-electron chi connectivity index (χ0n) is 9.57. The molecule has 0 aliphatic carbocycles. The van der Waals surface area contributed by atoms with Crippen molar-refractivity contribution in [1.82, 2.24) is 4.98 Å². The van der Waals surface area contributed by atoms with Crippen molar-refractivity contribution in [1.29, 1.82) is 0 Å². The summed E-state index contributed by atoms with van der Waals surface area (Å²) >= 11 is 1.44. The summed E-state index contributed by atoms with van der Waals surface area (Å²) in [6.45, 7) is 6.14. The van der Waals surface area contributed by atoms with Crippen LogP contribution < -0.4 is 0 Å². The summed E-state index contributed by atoms with van der Waals surface area (Å²) in [6, 6.07) is 6.28. The smallest absolute Gasteiger partial charge is 0.178 e. The van der Waals surface area contributed by atoms with E-state index >= 15 is 0 Å². The van der Waals surface area contributed by atoms with Crippen LogP contribution in [0.15, 0.2) is 18.2 Å². The quantitative estimate of drug-likeness (QED) is 0.740. The molecular formula is C13H13NOS. The molecule has 82 valence electrons. The van der Waals surface area contributed by atoms with Gasteiger partial charge in [-0.1, -0.05) is 23.8 Å². The van der Waals surface area contributed by atoms with E-state index in [4.69, 9.17) is 0 Å². The maximum atomic E-state index is 10.7. The van der Waals surface area contributed by atoms with Crippen LogP contribution in [-0.2, 0) is 0 Å². The molecule has 0 radical (unpaired) electrons. The normalized spacial score (nSPS) is 10.4. The Morgan fingerprint density at radius 3 is 2.56 bits per heavy atom. The number of hydrogen-bond acceptors (Lipinski definition) is 3. The van der Waals surface area contributed by atoms with Gasteiger partial charge in [0.15, 0.2) is 11.3 Å². The van der Waals surface area contributed by atoms with E-state index in [0.717, 1.165) is 22.4 Å². The van der Waals surface area contributed by atoms with Crippen molar-refractivity contribution in [2.75, 3.05) is 0 Å². The lowest BCUT2D eigenvalue weighted by Crippen LogP contribution is -1.87. The number of benzene rings is 1. The van der Waals surface area contributed by atoms with E-state index in [9.17, 15) is 4.79 Å². The first-order valence-electron chi connectivity index (χ1n) is 5.12. The molecule has 16 heavy (non-hydrogen) atoms. The van der Waals surface area contributed by atoms with E-state index in [1.165, 1.54) is 22.5 Å². The van der Waals surface area contributed by atoms with Crippen molar-refractivity contribution in [2.45, 2.75) is 20.8 Å². The molecule has 1 aromatic heterocycles. The zero-order valence-corrected chi connectivity index (χ0v) is 10.4. The van der Waals surface area contributed by atoms with Crippen molar-refractivity contribution < 1.29 is 4.79 Å². The summed E-state index contributed by atoms with van der Waals surface area (Å²) in [4.78, 5) is 16.1. The average molecular weight is 231 g/mol. The van der Waals surface area contributed by atoms with E-state index in [1.54, 1.807) is 0 Å². The Bertz CT molecular complexity index is 543. The molecule has 0 N–H and O–H groups in total. The van der Waals surface area contributed by atoms with Gasteiger partial charge in [0, 0.05) is 10.4 Å². The number of aromatic nitrogens is 1. The van der Waals surface area contributed by atoms with E-state index in [2.05, 4.69) is 37.0 Å². The van der Waals surface area contributed by atoms with E-state index < -0.39 is 0 Å². The molecule has 3 heteroatoms. The molecule has 0 fully saturated rings. The fourth-order valence-corrected chi connectivity index (χ4v) is 2.55. The lowest BCUT2D eigenvalue weighted by Gasteiger charge is -2.04. The highest BCUT2D eigenvalue weighted by molar-refractivity contribution is 7.13. The summed E-state index contributed by atoms with van der Waals surface area (Å²) in [5.74, 6) is 0. The number of hydrogen-bond donors (Lipinski definition) is 0. The first-order chi connectivity index (χ1) is 7.61. The van der Waals surface area contributed by atoms with Crippen LogP contribution in [0.1, 0.15) is 25.8 Å². The van der Waals surface area contributed by atoms with E-state index in [1.807, 2.05) is 6.92 Å². The van der Waals surface area contributed by atoms with E-state index in [0.29, 0.717) is 5.01 Å². The number of rotatable bonds is 2. The summed E-state index contributed by atoms with van der Waals surface area (Å²) in [6.07, 6.45) is 0.810. The topological polar surface area (TPSA) is 30.0 Å². The van der Waals surface area contributed by atoms with Crippen LogP contribution in [0.3, 0.4) is 0 Å². The maximum Gasteiger partial charge on any atom is 0.178 e. The molecule has 2 nitrogen and oxygen atoms in total. The number of nitrogens with zero attached hydrogens (tertiary/aromatic N) is 1. The van der Waals surface area contributed by atoms with Gasteiger partial charge in [0.05, 0.1) is 5.69 Å². The molecule has 0 saturated heterocycles. The third-order valence-corrected chi connectivity index (χ3v) is 3.45. The highest BCUT2D eigenvalue weighted by atomic mass is 32.1. The predicted octanol–water partition coefficient (Wildman–Crippen LogP) is 3.55. The maximum absolute atomic E-state index is 10.7. The second-order valence-electron chi connectivity index (χ2n) is 3.89. The van der Waals surface area contributed by atoms with Crippen LogP contribution >= 0.6 is 11.3 Å². The van der Waals surface area contributed by atoms with Gasteiger partial charge in [-0.15, -0.1) is 11.3 Å². The summed E-state index contributed by atoms with van der Waals surface area (Å²) in [5, 5.41) is 0.549. The number of thiazole rings is 1. The van der Waals surface area contributed by atoms with Crippen molar-refractivity contribution in [3.8, 4) is 11.3 Å². The van der Waals surface area contributed by atoms with Crippen LogP contribution in [0.25, 0.3) is 11.3 Å². The first kappa shape index (κ1) is 11.0. The largest absolute Gasteiger partial charge is 0.295 e.